The number of amides is 1. The van der Waals surface area contributed by atoms with Crippen molar-refractivity contribution in [3.05, 3.63) is 94.5 Å². The molecule has 0 spiro atoms. The number of nitrogens with one attached hydrogen (secondary N) is 1. The highest BCUT2D eigenvalue weighted by Gasteiger charge is 2.20. The van der Waals surface area contributed by atoms with Crippen LogP contribution in [-0.4, -0.2) is 27.9 Å². The number of hydrogen-bond acceptors (Lipinski definition) is 5. The largest absolute Gasteiger partial charge is 0.343 e. The smallest absolute Gasteiger partial charge is 0.282 e. The third kappa shape index (κ3) is 5.23. The molecule has 32 heavy (non-hydrogen) atoms. The lowest BCUT2D eigenvalue weighted by molar-refractivity contribution is 0.0978. The molecule has 0 bridgehead atoms. The van der Waals surface area contributed by atoms with Crippen molar-refractivity contribution in [1.29, 1.82) is 0 Å². The lowest BCUT2D eigenvalue weighted by Crippen LogP contribution is -2.27. The lowest BCUT2D eigenvalue weighted by atomic mass is 10.0. The van der Waals surface area contributed by atoms with Gasteiger partial charge in [0.15, 0.2) is 5.13 Å². The Labute approximate surface area is 194 Å². The van der Waals surface area contributed by atoms with E-state index in [1.54, 1.807) is 0 Å². The van der Waals surface area contributed by atoms with Gasteiger partial charge < -0.3 is 4.90 Å². The molecule has 4 rings (SSSR count). The number of thiazole rings is 1. The summed E-state index contributed by atoms with van der Waals surface area (Å²) < 4.78 is 13.9. The van der Waals surface area contributed by atoms with Gasteiger partial charge >= 0.3 is 0 Å². The summed E-state index contributed by atoms with van der Waals surface area (Å²) in [6.45, 7) is 3.33. The highest BCUT2D eigenvalue weighted by Crippen LogP contribution is 2.28. The Hall–Kier alpha value is -3.03. The van der Waals surface area contributed by atoms with Crippen molar-refractivity contribution in [2.45, 2.75) is 19.9 Å². The van der Waals surface area contributed by atoms with Crippen molar-refractivity contribution in [3.8, 4) is 0 Å². The number of carbonyl (C=O) groups is 1. The molecule has 0 saturated heterocycles. The molecule has 0 aliphatic carbocycles. The zero-order valence-corrected chi connectivity index (χ0v) is 19.7. The second kappa shape index (κ2) is 10.1. The van der Waals surface area contributed by atoms with Crippen LogP contribution in [0.1, 0.15) is 26.5 Å². The summed E-state index contributed by atoms with van der Waals surface area (Å²) in [7, 11) is -1.43. The highest BCUT2D eigenvalue weighted by molar-refractivity contribution is 7.82. The molecule has 3 aromatic carbocycles. The van der Waals surface area contributed by atoms with Crippen LogP contribution in [-0.2, 0) is 24.0 Å². The molecule has 1 N–H and O–H groups in total. The maximum atomic E-state index is 12.4. The Morgan fingerprint density at radius 1 is 1.03 bits per heavy atom. The Bertz CT molecular complexity index is 1250. The van der Waals surface area contributed by atoms with Crippen molar-refractivity contribution in [2.24, 2.45) is 0 Å². The lowest BCUT2D eigenvalue weighted by Gasteiger charge is -2.22. The molecule has 0 aliphatic heterocycles. The number of anilines is 1. The summed E-state index contributed by atoms with van der Waals surface area (Å²) in [6, 6.07) is 25.1. The average molecular weight is 464 g/mol. The van der Waals surface area contributed by atoms with Gasteiger partial charge in [-0.1, -0.05) is 72.8 Å². The van der Waals surface area contributed by atoms with Gasteiger partial charge in [-0.05, 0) is 35.2 Å². The van der Waals surface area contributed by atoms with E-state index in [1.165, 1.54) is 39.5 Å². The minimum absolute atomic E-state index is 0.337. The van der Waals surface area contributed by atoms with Crippen molar-refractivity contribution in [2.75, 3.05) is 17.7 Å². The molecule has 0 aliphatic rings. The molecule has 1 atom stereocenters. The van der Waals surface area contributed by atoms with Gasteiger partial charge in [-0.15, -0.1) is 11.3 Å². The molecule has 5 nitrogen and oxygen atoms in total. The zero-order chi connectivity index (χ0) is 22.5. The van der Waals surface area contributed by atoms with E-state index in [4.69, 9.17) is 0 Å². The van der Waals surface area contributed by atoms with Gasteiger partial charge in [0, 0.05) is 24.2 Å². The summed E-state index contributed by atoms with van der Waals surface area (Å²) in [5.74, 6) is -0.403. The van der Waals surface area contributed by atoms with Crippen LogP contribution in [0.3, 0.4) is 0 Å². The first-order valence-corrected chi connectivity index (χ1v) is 12.8. The molecule has 0 fully saturated rings. The van der Waals surface area contributed by atoms with Gasteiger partial charge in [0.05, 0.1) is 0 Å². The Morgan fingerprint density at radius 3 is 2.53 bits per heavy atom. The van der Waals surface area contributed by atoms with Gasteiger partial charge in [0.25, 0.3) is 5.91 Å². The van der Waals surface area contributed by atoms with Crippen LogP contribution in [0.25, 0.3) is 10.8 Å². The molecular formula is C25H25N3O2S2. The van der Waals surface area contributed by atoms with Crippen LogP contribution < -0.4 is 9.62 Å². The second-order valence-corrected chi connectivity index (χ2v) is 9.88. The maximum Gasteiger partial charge on any atom is 0.282 e. The number of aromatic nitrogens is 1. The molecule has 1 heterocycles. The topological polar surface area (TPSA) is 62.3 Å². The highest BCUT2D eigenvalue weighted by atomic mass is 32.2. The summed E-state index contributed by atoms with van der Waals surface area (Å²) in [5.41, 5.74) is 2.80. The molecule has 1 unspecified atom stereocenters. The molecule has 4 aromatic rings. The Balaban J connectivity index is 1.62. The minimum atomic E-state index is -1.43. The van der Waals surface area contributed by atoms with Crippen LogP contribution in [0.15, 0.2) is 72.8 Å². The van der Waals surface area contributed by atoms with E-state index in [-0.39, 0.29) is 0 Å². The number of fused-ring (bicyclic) bond motifs is 1. The standard InChI is InChI=1S/C25H25N3O2S2/c1-18-23(24(29)27-32(2)30)26-25(31-18)28(17-19-9-4-3-5-10-19)16-15-21-13-8-12-20-11-6-7-14-22(20)21/h3-14H,15-17H2,1-2H3,(H,27,29). The SMILES string of the molecule is Cc1sc(N(CCc2cccc3ccccc23)Cc2ccccc2)nc1C(=O)NS(C)=O. The number of benzene rings is 3. The van der Waals surface area contributed by atoms with Crippen LogP contribution in [0.5, 0.6) is 0 Å². The first kappa shape index (κ1) is 22.2. The fourth-order valence-corrected chi connectivity index (χ4v) is 5.01. The first-order chi connectivity index (χ1) is 15.5. The molecule has 164 valence electrons. The van der Waals surface area contributed by atoms with Crippen molar-refractivity contribution in [1.82, 2.24) is 9.71 Å². The maximum absolute atomic E-state index is 12.4. The molecule has 1 amide bonds. The minimum Gasteiger partial charge on any atom is -0.343 e. The van der Waals surface area contributed by atoms with Crippen molar-refractivity contribution < 1.29 is 9.00 Å². The number of rotatable bonds is 8. The summed E-state index contributed by atoms with van der Waals surface area (Å²) >= 11 is 1.49. The number of aryl methyl sites for hydroxylation is 1. The van der Waals surface area contributed by atoms with Crippen LogP contribution in [0.4, 0.5) is 5.13 Å². The molecule has 7 heteroatoms. The van der Waals surface area contributed by atoms with Gasteiger partial charge in [-0.25, -0.2) is 9.19 Å². The second-order valence-electron chi connectivity index (χ2n) is 7.58. The molecule has 0 saturated carbocycles. The fourth-order valence-electron chi connectivity index (χ4n) is 3.72. The van der Waals surface area contributed by atoms with E-state index in [0.717, 1.165) is 23.0 Å². The van der Waals surface area contributed by atoms with E-state index in [0.29, 0.717) is 12.2 Å². The summed E-state index contributed by atoms with van der Waals surface area (Å²) in [6.07, 6.45) is 2.29. The third-order valence-corrected chi connectivity index (χ3v) is 6.76. The third-order valence-electron chi connectivity index (χ3n) is 5.25. The van der Waals surface area contributed by atoms with E-state index in [2.05, 4.69) is 69.2 Å². The van der Waals surface area contributed by atoms with Gasteiger partial charge in [0.2, 0.25) is 0 Å². The van der Waals surface area contributed by atoms with E-state index < -0.39 is 16.9 Å². The van der Waals surface area contributed by atoms with Crippen molar-refractivity contribution in [3.63, 3.8) is 0 Å². The summed E-state index contributed by atoms with van der Waals surface area (Å²) in [4.78, 5) is 20.1. The van der Waals surface area contributed by atoms with E-state index in [1.807, 2.05) is 25.1 Å². The molecule has 0 radical (unpaired) electrons. The molecule has 1 aromatic heterocycles. The number of nitrogens with zero attached hydrogens (tertiary/aromatic N) is 2. The Kier molecular flexibility index (Phi) is 6.97. The Morgan fingerprint density at radius 2 is 1.75 bits per heavy atom. The zero-order valence-electron chi connectivity index (χ0n) is 18.1. The van der Waals surface area contributed by atoms with Crippen LogP contribution in [0, 0.1) is 6.92 Å². The van der Waals surface area contributed by atoms with Gasteiger partial charge in [0.1, 0.15) is 16.7 Å². The predicted molar refractivity (Wildman–Crippen MR) is 134 cm³/mol. The van der Waals surface area contributed by atoms with Crippen LogP contribution >= 0.6 is 11.3 Å². The average Bonchev–Trinajstić information content (AvgIpc) is 3.18. The monoisotopic (exact) mass is 463 g/mol. The van der Waals surface area contributed by atoms with Crippen LogP contribution in [0.2, 0.25) is 0 Å². The van der Waals surface area contributed by atoms with E-state index in [9.17, 15) is 9.00 Å². The first-order valence-electron chi connectivity index (χ1n) is 10.4. The van der Waals surface area contributed by atoms with Crippen molar-refractivity contribution >= 4 is 44.1 Å². The van der Waals surface area contributed by atoms with E-state index >= 15 is 0 Å². The normalized spacial score (nSPS) is 11.9. The summed E-state index contributed by atoms with van der Waals surface area (Å²) in [5, 5.41) is 3.28. The molecular weight excluding hydrogens is 438 g/mol. The van der Waals surface area contributed by atoms with Gasteiger partial charge in [-0.3, -0.25) is 9.52 Å². The number of carbonyl (C=O) groups excluding carboxylic acids is 1. The number of hydrogen-bond donors (Lipinski definition) is 1. The quantitative estimate of drug-likeness (QED) is 0.405. The fraction of sp³-hybridized carbons (Fsp3) is 0.200. The van der Waals surface area contributed by atoms with Gasteiger partial charge in [-0.2, -0.15) is 0 Å². The predicted octanol–water partition coefficient (Wildman–Crippen LogP) is 4.88.